The Kier molecular flexibility index (Phi) is 5.06. The van der Waals surface area contributed by atoms with E-state index in [1.807, 2.05) is 24.3 Å². The molecule has 0 unspecified atom stereocenters. The zero-order valence-electron chi connectivity index (χ0n) is 14.2. The number of rotatable bonds is 4. The minimum Gasteiger partial charge on any atom is -0.340 e. The standard InChI is InChI=1S/C19H22ClN3OS/c20-16-6-4-14(5-7-16)17-13-25-18(21-17)12-22-8-10-23(11-9-22)19(24)15-2-1-3-15/h4-7,13,15H,1-3,8-12H2. The largest absolute Gasteiger partial charge is 0.340 e. The summed E-state index contributed by atoms with van der Waals surface area (Å²) < 4.78 is 0. The van der Waals surface area contributed by atoms with Gasteiger partial charge in [-0.05, 0) is 25.0 Å². The maximum Gasteiger partial charge on any atom is 0.225 e. The molecular weight excluding hydrogens is 354 g/mol. The average molecular weight is 376 g/mol. The van der Waals surface area contributed by atoms with Gasteiger partial charge in [0.05, 0.1) is 12.2 Å². The lowest BCUT2D eigenvalue weighted by Crippen LogP contribution is -2.50. The zero-order chi connectivity index (χ0) is 17.2. The SMILES string of the molecule is O=C(C1CCC1)N1CCN(Cc2nc(-c3ccc(Cl)cc3)cs2)CC1. The van der Waals surface area contributed by atoms with E-state index in [9.17, 15) is 4.79 Å². The maximum atomic E-state index is 12.3. The molecule has 4 rings (SSSR count). The van der Waals surface area contributed by atoms with Crippen LogP contribution in [0.5, 0.6) is 0 Å². The molecule has 1 aliphatic heterocycles. The number of thiazole rings is 1. The molecule has 2 aromatic rings. The van der Waals surface area contributed by atoms with Crippen molar-refractivity contribution in [2.45, 2.75) is 25.8 Å². The third kappa shape index (κ3) is 3.89. The first-order chi connectivity index (χ1) is 12.2. The lowest BCUT2D eigenvalue weighted by molar-refractivity contribution is -0.140. The van der Waals surface area contributed by atoms with E-state index in [0.717, 1.165) is 66.9 Å². The van der Waals surface area contributed by atoms with Gasteiger partial charge in [-0.2, -0.15) is 0 Å². The molecule has 1 aromatic heterocycles. The van der Waals surface area contributed by atoms with Gasteiger partial charge in [-0.3, -0.25) is 9.69 Å². The monoisotopic (exact) mass is 375 g/mol. The van der Waals surface area contributed by atoms with Crippen LogP contribution in [-0.2, 0) is 11.3 Å². The number of hydrogen-bond acceptors (Lipinski definition) is 4. The van der Waals surface area contributed by atoms with E-state index in [1.54, 1.807) is 11.3 Å². The highest BCUT2D eigenvalue weighted by molar-refractivity contribution is 7.09. The van der Waals surface area contributed by atoms with E-state index in [2.05, 4.69) is 15.2 Å². The Balaban J connectivity index is 1.31. The number of benzene rings is 1. The summed E-state index contributed by atoms with van der Waals surface area (Å²) in [4.78, 5) is 21.5. The molecule has 0 N–H and O–H groups in total. The number of carbonyl (C=O) groups is 1. The van der Waals surface area contributed by atoms with E-state index in [4.69, 9.17) is 16.6 Å². The molecule has 1 amide bonds. The molecule has 0 bridgehead atoms. The van der Waals surface area contributed by atoms with Gasteiger partial charge in [0.1, 0.15) is 5.01 Å². The summed E-state index contributed by atoms with van der Waals surface area (Å²) in [6.07, 6.45) is 3.40. The molecule has 1 saturated carbocycles. The van der Waals surface area contributed by atoms with E-state index in [-0.39, 0.29) is 0 Å². The minimum atomic E-state index is 0.312. The van der Waals surface area contributed by atoms with Gasteiger partial charge in [0, 0.05) is 48.1 Å². The summed E-state index contributed by atoms with van der Waals surface area (Å²) in [5.41, 5.74) is 2.11. The molecule has 132 valence electrons. The van der Waals surface area contributed by atoms with Crippen LogP contribution in [0.25, 0.3) is 11.3 Å². The van der Waals surface area contributed by atoms with Crippen LogP contribution in [0, 0.1) is 5.92 Å². The summed E-state index contributed by atoms with van der Waals surface area (Å²) in [6.45, 7) is 4.45. The Morgan fingerprint density at radius 2 is 1.88 bits per heavy atom. The second kappa shape index (κ2) is 7.44. The molecule has 0 radical (unpaired) electrons. The van der Waals surface area contributed by atoms with Crippen molar-refractivity contribution < 1.29 is 4.79 Å². The third-order valence-electron chi connectivity index (χ3n) is 5.19. The highest BCUT2D eigenvalue weighted by Gasteiger charge is 2.31. The quantitative estimate of drug-likeness (QED) is 0.812. The number of piperazine rings is 1. The van der Waals surface area contributed by atoms with Crippen LogP contribution in [0.4, 0.5) is 0 Å². The fourth-order valence-corrected chi connectivity index (χ4v) is 4.34. The summed E-state index contributed by atoms with van der Waals surface area (Å²) in [7, 11) is 0. The Morgan fingerprint density at radius 3 is 2.52 bits per heavy atom. The number of aromatic nitrogens is 1. The van der Waals surface area contributed by atoms with Crippen LogP contribution < -0.4 is 0 Å². The summed E-state index contributed by atoms with van der Waals surface area (Å²) in [6, 6.07) is 7.81. The molecule has 0 atom stereocenters. The fraction of sp³-hybridized carbons (Fsp3) is 0.474. The van der Waals surface area contributed by atoms with Crippen molar-refractivity contribution in [3.63, 3.8) is 0 Å². The van der Waals surface area contributed by atoms with Crippen LogP contribution in [0.2, 0.25) is 5.02 Å². The van der Waals surface area contributed by atoms with Crippen molar-refractivity contribution in [3.05, 3.63) is 39.7 Å². The zero-order valence-corrected chi connectivity index (χ0v) is 15.7. The van der Waals surface area contributed by atoms with Crippen LogP contribution in [0.1, 0.15) is 24.3 Å². The van der Waals surface area contributed by atoms with E-state index in [0.29, 0.717) is 11.8 Å². The van der Waals surface area contributed by atoms with Gasteiger partial charge in [-0.15, -0.1) is 11.3 Å². The van der Waals surface area contributed by atoms with Crippen molar-refractivity contribution in [1.82, 2.24) is 14.8 Å². The van der Waals surface area contributed by atoms with Crippen molar-refractivity contribution >= 4 is 28.8 Å². The Labute approximate surface area is 157 Å². The van der Waals surface area contributed by atoms with Crippen molar-refractivity contribution in [2.75, 3.05) is 26.2 Å². The first-order valence-electron chi connectivity index (χ1n) is 8.90. The fourth-order valence-electron chi connectivity index (χ4n) is 3.37. The number of halogens is 1. The van der Waals surface area contributed by atoms with Crippen LogP contribution >= 0.6 is 22.9 Å². The molecule has 6 heteroatoms. The van der Waals surface area contributed by atoms with Gasteiger partial charge in [-0.1, -0.05) is 30.2 Å². The summed E-state index contributed by atoms with van der Waals surface area (Å²) in [5.74, 6) is 0.692. The lowest BCUT2D eigenvalue weighted by atomic mass is 9.84. The number of nitrogens with zero attached hydrogens (tertiary/aromatic N) is 3. The molecule has 0 spiro atoms. The molecule has 1 aromatic carbocycles. The van der Waals surface area contributed by atoms with Crippen molar-refractivity contribution in [1.29, 1.82) is 0 Å². The smallest absolute Gasteiger partial charge is 0.225 e. The number of carbonyl (C=O) groups excluding carboxylic acids is 1. The molecule has 1 aliphatic carbocycles. The van der Waals surface area contributed by atoms with Gasteiger partial charge in [0.25, 0.3) is 0 Å². The molecule has 25 heavy (non-hydrogen) atoms. The predicted octanol–water partition coefficient (Wildman–Crippen LogP) is 3.91. The first-order valence-corrected chi connectivity index (χ1v) is 10.2. The molecule has 2 heterocycles. The van der Waals surface area contributed by atoms with Gasteiger partial charge in [-0.25, -0.2) is 4.98 Å². The summed E-state index contributed by atoms with van der Waals surface area (Å²) >= 11 is 7.65. The number of amides is 1. The second-order valence-electron chi connectivity index (χ2n) is 6.86. The van der Waals surface area contributed by atoms with Gasteiger partial charge >= 0.3 is 0 Å². The highest BCUT2D eigenvalue weighted by Crippen LogP contribution is 2.29. The minimum absolute atomic E-state index is 0.312. The maximum absolute atomic E-state index is 12.3. The Bertz CT molecular complexity index is 733. The van der Waals surface area contributed by atoms with Crippen LogP contribution in [-0.4, -0.2) is 46.9 Å². The molecule has 2 aliphatic rings. The molecule has 1 saturated heterocycles. The van der Waals surface area contributed by atoms with Gasteiger partial charge in [0.15, 0.2) is 0 Å². The normalized spacial score (nSPS) is 19.0. The predicted molar refractivity (Wildman–Crippen MR) is 102 cm³/mol. The van der Waals surface area contributed by atoms with E-state index >= 15 is 0 Å². The van der Waals surface area contributed by atoms with E-state index in [1.165, 1.54) is 6.42 Å². The highest BCUT2D eigenvalue weighted by atomic mass is 35.5. The Morgan fingerprint density at radius 1 is 1.16 bits per heavy atom. The van der Waals surface area contributed by atoms with Crippen molar-refractivity contribution in [3.8, 4) is 11.3 Å². The second-order valence-corrected chi connectivity index (χ2v) is 8.24. The van der Waals surface area contributed by atoms with Gasteiger partial charge < -0.3 is 4.90 Å². The lowest BCUT2D eigenvalue weighted by Gasteiger charge is -2.38. The van der Waals surface area contributed by atoms with Gasteiger partial charge in [0.2, 0.25) is 5.91 Å². The topological polar surface area (TPSA) is 36.4 Å². The molecule has 2 fully saturated rings. The first kappa shape index (κ1) is 17.0. The van der Waals surface area contributed by atoms with Crippen molar-refractivity contribution in [2.24, 2.45) is 5.92 Å². The average Bonchev–Trinajstić information content (AvgIpc) is 3.03. The summed E-state index contributed by atoms with van der Waals surface area (Å²) in [5, 5.41) is 3.98. The van der Waals surface area contributed by atoms with Crippen LogP contribution in [0.15, 0.2) is 29.6 Å². The van der Waals surface area contributed by atoms with E-state index < -0.39 is 0 Å². The molecule has 4 nitrogen and oxygen atoms in total. The van der Waals surface area contributed by atoms with Crippen LogP contribution in [0.3, 0.4) is 0 Å². The third-order valence-corrected chi connectivity index (χ3v) is 6.27. The number of hydrogen-bond donors (Lipinski definition) is 0. The molecular formula is C19H22ClN3OS. The Hall–Kier alpha value is -1.43.